The van der Waals surface area contributed by atoms with Crippen LogP contribution in [0.5, 0.6) is 0 Å². The van der Waals surface area contributed by atoms with Crippen LogP contribution >= 0.6 is 11.8 Å². The van der Waals surface area contributed by atoms with Crippen LogP contribution in [0.4, 0.5) is 24.5 Å². The van der Waals surface area contributed by atoms with E-state index < -0.39 is 38.6 Å². The Labute approximate surface area is 201 Å². The summed E-state index contributed by atoms with van der Waals surface area (Å²) < 4.78 is 72.2. The quantitative estimate of drug-likeness (QED) is 0.529. The Balaban J connectivity index is 1.72. The molecule has 2 aromatic carbocycles. The van der Waals surface area contributed by atoms with E-state index in [1.54, 1.807) is 18.4 Å². The van der Waals surface area contributed by atoms with Crippen LogP contribution in [-0.2, 0) is 25.7 Å². The highest BCUT2D eigenvalue weighted by Gasteiger charge is 2.32. The molecule has 7 nitrogen and oxygen atoms in total. The van der Waals surface area contributed by atoms with Crippen molar-refractivity contribution in [1.29, 1.82) is 0 Å². The van der Waals surface area contributed by atoms with E-state index in [4.69, 9.17) is 4.74 Å². The van der Waals surface area contributed by atoms with E-state index in [1.165, 1.54) is 11.8 Å². The number of rotatable bonds is 9. The summed E-state index contributed by atoms with van der Waals surface area (Å²) in [6.07, 6.45) is -2.72. The molecule has 2 aromatic rings. The zero-order valence-electron chi connectivity index (χ0n) is 18.5. The number of sulfonamides is 1. The average Bonchev–Trinajstić information content (AvgIpc) is 2.82. The molecule has 186 valence electrons. The second-order valence-corrected chi connectivity index (χ2v) is 10.3. The molecule has 1 saturated heterocycles. The number of anilines is 2. The molecule has 0 aliphatic carbocycles. The molecule has 3 rings (SSSR count). The van der Waals surface area contributed by atoms with Crippen molar-refractivity contribution in [2.75, 3.05) is 48.5 Å². The standard InChI is InChI=1S/C22H26F3N3O4S2/c1-33-14-9-20(27-34(30,31)19-4-2-3-16(15-19)22(23,24)25)21(29)26-17-5-7-18(8-6-17)28-10-12-32-13-11-28/h2-8,15,20,27H,9-14H2,1H3,(H,26,29). The smallest absolute Gasteiger partial charge is 0.378 e. The molecule has 0 radical (unpaired) electrons. The predicted octanol–water partition coefficient (Wildman–Crippen LogP) is 3.58. The lowest BCUT2D eigenvalue weighted by atomic mass is 10.2. The number of alkyl halides is 3. The van der Waals surface area contributed by atoms with Gasteiger partial charge in [-0.15, -0.1) is 0 Å². The van der Waals surface area contributed by atoms with E-state index in [0.717, 1.165) is 37.0 Å². The number of carbonyl (C=O) groups excluding carboxylic acids is 1. The summed E-state index contributed by atoms with van der Waals surface area (Å²) in [6.45, 7) is 2.81. The molecule has 1 aliphatic rings. The van der Waals surface area contributed by atoms with Gasteiger partial charge in [-0.3, -0.25) is 4.79 Å². The first-order chi connectivity index (χ1) is 16.1. The maximum Gasteiger partial charge on any atom is 0.416 e. The first kappa shape index (κ1) is 26.3. The van der Waals surface area contributed by atoms with Crippen LogP contribution in [0.1, 0.15) is 12.0 Å². The Kier molecular flexibility index (Phi) is 8.85. The fourth-order valence-corrected chi connectivity index (χ4v) is 5.13. The molecule has 1 fully saturated rings. The third-order valence-electron chi connectivity index (χ3n) is 5.21. The SMILES string of the molecule is CSCCC(NS(=O)(=O)c1cccc(C(F)(F)F)c1)C(=O)Nc1ccc(N2CCOCC2)cc1. The third kappa shape index (κ3) is 7.11. The summed E-state index contributed by atoms with van der Waals surface area (Å²) >= 11 is 1.42. The van der Waals surface area contributed by atoms with Crippen molar-refractivity contribution in [3.05, 3.63) is 54.1 Å². The second kappa shape index (κ2) is 11.4. The van der Waals surface area contributed by atoms with E-state index in [1.807, 2.05) is 12.1 Å². The molecule has 0 saturated carbocycles. The topological polar surface area (TPSA) is 87.7 Å². The highest BCUT2D eigenvalue weighted by atomic mass is 32.2. The van der Waals surface area contributed by atoms with Crippen molar-refractivity contribution in [2.45, 2.75) is 23.5 Å². The Hall–Kier alpha value is -2.28. The zero-order valence-corrected chi connectivity index (χ0v) is 20.1. The van der Waals surface area contributed by atoms with E-state index in [9.17, 15) is 26.4 Å². The van der Waals surface area contributed by atoms with Crippen LogP contribution in [-0.4, -0.2) is 58.7 Å². The highest BCUT2D eigenvalue weighted by molar-refractivity contribution is 7.98. The predicted molar refractivity (Wildman–Crippen MR) is 127 cm³/mol. The largest absolute Gasteiger partial charge is 0.416 e. The molecule has 1 atom stereocenters. The molecule has 1 amide bonds. The minimum absolute atomic E-state index is 0.164. The van der Waals surface area contributed by atoms with Gasteiger partial charge in [0, 0.05) is 24.5 Å². The molecule has 1 unspecified atom stereocenters. The van der Waals surface area contributed by atoms with Gasteiger partial charge in [0.2, 0.25) is 15.9 Å². The van der Waals surface area contributed by atoms with Crippen molar-refractivity contribution in [3.8, 4) is 0 Å². The lowest BCUT2D eigenvalue weighted by Crippen LogP contribution is -2.44. The van der Waals surface area contributed by atoms with Crippen molar-refractivity contribution >= 4 is 39.1 Å². The zero-order chi connectivity index (χ0) is 24.8. The van der Waals surface area contributed by atoms with E-state index in [-0.39, 0.29) is 6.42 Å². The average molecular weight is 518 g/mol. The number of benzene rings is 2. The fraction of sp³-hybridized carbons (Fsp3) is 0.409. The van der Waals surface area contributed by atoms with Crippen molar-refractivity contribution in [3.63, 3.8) is 0 Å². The number of ether oxygens (including phenoxy) is 1. The Morgan fingerprint density at radius 3 is 2.44 bits per heavy atom. The van der Waals surface area contributed by atoms with Gasteiger partial charge in [0.15, 0.2) is 0 Å². The van der Waals surface area contributed by atoms with Crippen LogP contribution in [0, 0.1) is 0 Å². The van der Waals surface area contributed by atoms with E-state index in [2.05, 4.69) is 14.9 Å². The van der Waals surface area contributed by atoms with Gasteiger partial charge in [0.05, 0.1) is 23.7 Å². The number of nitrogens with zero attached hydrogens (tertiary/aromatic N) is 1. The van der Waals surface area contributed by atoms with Crippen LogP contribution < -0.4 is 14.9 Å². The minimum atomic E-state index is -4.69. The summed E-state index contributed by atoms with van der Waals surface area (Å²) in [7, 11) is -4.37. The summed E-state index contributed by atoms with van der Waals surface area (Å²) in [5.74, 6) is -0.122. The highest BCUT2D eigenvalue weighted by Crippen LogP contribution is 2.30. The summed E-state index contributed by atoms with van der Waals surface area (Å²) in [4.78, 5) is 14.5. The molecule has 12 heteroatoms. The lowest BCUT2D eigenvalue weighted by Gasteiger charge is -2.29. The molecule has 1 aliphatic heterocycles. The number of amides is 1. The maximum atomic E-state index is 13.0. The number of hydrogen-bond acceptors (Lipinski definition) is 6. The number of morpholine rings is 1. The number of thioether (sulfide) groups is 1. The van der Waals surface area contributed by atoms with Crippen molar-refractivity contribution < 1.29 is 31.1 Å². The van der Waals surface area contributed by atoms with E-state index in [0.29, 0.717) is 30.7 Å². The van der Waals surface area contributed by atoms with Gasteiger partial charge in [0.1, 0.15) is 6.04 Å². The van der Waals surface area contributed by atoms with E-state index >= 15 is 0 Å². The molecule has 0 spiro atoms. The summed E-state index contributed by atoms with van der Waals surface area (Å²) in [6, 6.07) is 9.40. The third-order valence-corrected chi connectivity index (χ3v) is 7.32. The number of hydrogen-bond donors (Lipinski definition) is 2. The van der Waals surface area contributed by atoms with Gasteiger partial charge in [-0.05, 0) is 60.9 Å². The van der Waals surface area contributed by atoms with Gasteiger partial charge in [-0.25, -0.2) is 8.42 Å². The lowest BCUT2D eigenvalue weighted by molar-refractivity contribution is -0.137. The number of halogens is 3. The van der Waals surface area contributed by atoms with Crippen LogP contribution in [0.25, 0.3) is 0 Å². The molecule has 1 heterocycles. The van der Waals surface area contributed by atoms with Crippen LogP contribution in [0.2, 0.25) is 0 Å². The van der Waals surface area contributed by atoms with Gasteiger partial charge in [0.25, 0.3) is 0 Å². The van der Waals surface area contributed by atoms with Crippen molar-refractivity contribution in [1.82, 2.24) is 4.72 Å². The molecule has 34 heavy (non-hydrogen) atoms. The number of carbonyl (C=O) groups is 1. The minimum Gasteiger partial charge on any atom is -0.378 e. The maximum absolute atomic E-state index is 13.0. The number of nitrogens with one attached hydrogen (secondary N) is 2. The van der Waals surface area contributed by atoms with Gasteiger partial charge < -0.3 is 15.0 Å². The second-order valence-electron chi connectivity index (χ2n) is 7.62. The molecule has 0 bridgehead atoms. The monoisotopic (exact) mass is 517 g/mol. The fourth-order valence-electron chi connectivity index (χ4n) is 3.38. The summed E-state index contributed by atoms with van der Waals surface area (Å²) in [5, 5.41) is 2.69. The Morgan fingerprint density at radius 1 is 1.15 bits per heavy atom. The first-order valence-electron chi connectivity index (χ1n) is 10.5. The molecule has 0 aromatic heterocycles. The molecule has 2 N–H and O–H groups in total. The molecular formula is C22H26F3N3O4S2. The van der Waals surface area contributed by atoms with Crippen molar-refractivity contribution in [2.24, 2.45) is 0 Å². The van der Waals surface area contributed by atoms with Crippen LogP contribution in [0.15, 0.2) is 53.4 Å². The Bertz CT molecular complexity index is 1070. The molecular weight excluding hydrogens is 491 g/mol. The van der Waals surface area contributed by atoms with Gasteiger partial charge in [-0.2, -0.15) is 29.7 Å². The normalized spacial score (nSPS) is 15.7. The van der Waals surface area contributed by atoms with Crippen LogP contribution in [0.3, 0.4) is 0 Å². The van der Waals surface area contributed by atoms with Gasteiger partial charge >= 0.3 is 6.18 Å². The van der Waals surface area contributed by atoms with Gasteiger partial charge in [-0.1, -0.05) is 6.07 Å². The first-order valence-corrected chi connectivity index (χ1v) is 13.4. The summed E-state index contributed by atoms with van der Waals surface area (Å²) in [5.41, 5.74) is 0.376. The Morgan fingerprint density at radius 2 is 1.82 bits per heavy atom.